The van der Waals surface area contributed by atoms with Gasteiger partial charge in [-0.2, -0.15) is 0 Å². The van der Waals surface area contributed by atoms with Gasteiger partial charge in [0.25, 0.3) is 0 Å². The molecule has 0 aliphatic rings. The molecule has 0 aliphatic heterocycles. The van der Waals surface area contributed by atoms with E-state index < -0.39 is 17.2 Å². The molecule has 0 fully saturated rings. The Morgan fingerprint density at radius 1 is 1.29 bits per heavy atom. The molecule has 5 heteroatoms. The molecule has 5 nitrogen and oxygen atoms in total. The molecule has 17 heavy (non-hydrogen) atoms. The van der Waals surface area contributed by atoms with Gasteiger partial charge in [-0.15, -0.1) is 0 Å². The summed E-state index contributed by atoms with van der Waals surface area (Å²) in [6.45, 7) is 2.72. The van der Waals surface area contributed by atoms with E-state index >= 15 is 0 Å². The molecule has 0 unspecified atom stereocenters. The number of rotatable bonds is 1. The van der Waals surface area contributed by atoms with E-state index in [4.69, 9.17) is 4.42 Å². The zero-order valence-electron chi connectivity index (χ0n) is 9.27. The summed E-state index contributed by atoms with van der Waals surface area (Å²) >= 11 is 0. The number of phenolic OH excluding ortho intramolecular Hbond substituents is 1. The first-order valence-corrected chi connectivity index (χ1v) is 4.92. The largest absolute Gasteiger partial charge is 0.508 e. The maximum absolute atomic E-state index is 11.5. The topological polar surface area (TPSA) is 87.7 Å². The van der Waals surface area contributed by atoms with Gasteiger partial charge in [0.2, 0.25) is 0 Å². The Hall–Kier alpha value is -2.30. The Labute approximate surface area is 95.9 Å². The molecule has 2 aromatic rings. The van der Waals surface area contributed by atoms with Gasteiger partial charge in [-0.05, 0) is 26.0 Å². The second kappa shape index (κ2) is 3.62. The minimum Gasteiger partial charge on any atom is -0.508 e. The number of fused-ring (bicyclic) bond motifs is 1. The van der Waals surface area contributed by atoms with Crippen LogP contribution in [0.4, 0.5) is 0 Å². The van der Waals surface area contributed by atoms with Crippen LogP contribution >= 0.6 is 0 Å². The Kier molecular flexibility index (Phi) is 2.38. The first kappa shape index (κ1) is 11.2. The third kappa shape index (κ3) is 1.56. The number of benzene rings is 1. The number of aromatic hydroxyl groups is 2. The molecule has 0 saturated carbocycles. The third-order valence-electron chi connectivity index (χ3n) is 2.62. The summed E-state index contributed by atoms with van der Waals surface area (Å²) in [5, 5.41) is 19.5. The first-order valence-electron chi connectivity index (χ1n) is 4.92. The van der Waals surface area contributed by atoms with Gasteiger partial charge < -0.3 is 14.6 Å². The van der Waals surface area contributed by atoms with E-state index in [0.717, 1.165) is 0 Å². The zero-order valence-corrected chi connectivity index (χ0v) is 9.27. The molecule has 88 valence electrons. The van der Waals surface area contributed by atoms with Crippen molar-refractivity contribution in [3.05, 3.63) is 33.7 Å². The van der Waals surface area contributed by atoms with E-state index in [2.05, 4.69) is 0 Å². The predicted octanol–water partition coefficient (Wildman–Crippen LogP) is 1.72. The summed E-state index contributed by atoms with van der Waals surface area (Å²) in [6.07, 6.45) is 0. The number of ketones is 1. The van der Waals surface area contributed by atoms with E-state index in [1.54, 1.807) is 6.92 Å². The Bertz CT molecular complexity index is 681. The summed E-state index contributed by atoms with van der Waals surface area (Å²) < 4.78 is 4.95. The van der Waals surface area contributed by atoms with Gasteiger partial charge in [0.1, 0.15) is 22.6 Å². The van der Waals surface area contributed by atoms with Gasteiger partial charge in [-0.3, -0.25) is 4.79 Å². The van der Waals surface area contributed by atoms with E-state index in [9.17, 15) is 19.8 Å². The number of phenols is 1. The molecular weight excluding hydrogens is 224 g/mol. The molecule has 0 amide bonds. The van der Waals surface area contributed by atoms with Gasteiger partial charge in [-0.25, -0.2) is 4.79 Å². The molecular formula is C12H10O5. The minimum atomic E-state index is -0.906. The Morgan fingerprint density at radius 3 is 2.53 bits per heavy atom. The van der Waals surface area contributed by atoms with E-state index in [-0.39, 0.29) is 22.3 Å². The fourth-order valence-corrected chi connectivity index (χ4v) is 1.68. The van der Waals surface area contributed by atoms with E-state index in [0.29, 0.717) is 5.56 Å². The number of aryl methyl sites for hydroxylation is 1. The van der Waals surface area contributed by atoms with Crippen molar-refractivity contribution >= 4 is 16.8 Å². The molecule has 0 radical (unpaired) electrons. The van der Waals surface area contributed by atoms with Crippen LogP contribution in [0.1, 0.15) is 22.8 Å². The van der Waals surface area contributed by atoms with E-state index in [1.807, 2.05) is 0 Å². The van der Waals surface area contributed by atoms with Crippen LogP contribution in [0.3, 0.4) is 0 Å². The molecule has 1 aromatic heterocycles. The first-order chi connectivity index (χ1) is 7.93. The van der Waals surface area contributed by atoms with Crippen molar-refractivity contribution in [2.24, 2.45) is 0 Å². The molecule has 2 N–H and O–H groups in total. The van der Waals surface area contributed by atoms with Crippen LogP contribution in [-0.2, 0) is 0 Å². The lowest BCUT2D eigenvalue weighted by molar-refractivity contribution is 0.101. The number of hydrogen-bond acceptors (Lipinski definition) is 5. The highest BCUT2D eigenvalue weighted by atomic mass is 16.4. The normalized spacial score (nSPS) is 10.7. The highest BCUT2D eigenvalue weighted by molar-refractivity contribution is 6.02. The quantitative estimate of drug-likeness (QED) is 0.579. The van der Waals surface area contributed by atoms with Gasteiger partial charge in [-0.1, -0.05) is 0 Å². The maximum Gasteiger partial charge on any atom is 0.351 e. The van der Waals surface area contributed by atoms with Crippen molar-refractivity contribution in [2.45, 2.75) is 13.8 Å². The third-order valence-corrected chi connectivity index (χ3v) is 2.62. The van der Waals surface area contributed by atoms with Crippen LogP contribution in [0.25, 0.3) is 11.0 Å². The zero-order chi connectivity index (χ0) is 12.7. The van der Waals surface area contributed by atoms with Crippen molar-refractivity contribution in [1.29, 1.82) is 0 Å². The number of carbonyl (C=O) groups excluding carboxylic acids is 1. The SMILES string of the molecule is CC(=O)c1c(O)c2ccc(O)c(C)c2oc1=O. The smallest absolute Gasteiger partial charge is 0.351 e. The highest BCUT2D eigenvalue weighted by Gasteiger charge is 2.19. The molecule has 0 spiro atoms. The van der Waals surface area contributed by atoms with Crippen molar-refractivity contribution in [3.8, 4) is 11.5 Å². The second-order valence-corrected chi connectivity index (χ2v) is 3.76. The molecule has 0 atom stereocenters. The maximum atomic E-state index is 11.5. The van der Waals surface area contributed by atoms with Crippen LogP contribution in [0, 0.1) is 6.92 Å². The average Bonchev–Trinajstić information content (AvgIpc) is 2.23. The fourth-order valence-electron chi connectivity index (χ4n) is 1.68. The van der Waals surface area contributed by atoms with Gasteiger partial charge >= 0.3 is 5.63 Å². The van der Waals surface area contributed by atoms with Crippen molar-refractivity contribution in [2.75, 3.05) is 0 Å². The van der Waals surface area contributed by atoms with Crippen molar-refractivity contribution < 1.29 is 19.4 Å². The van der Waals surface area contributed by atoms with Gasteiger partial charge in [0.15, 0.2) is 5.78 Å². The number of Topliss-reactive ketones (excluding diaryl/α,β-unsaturated/α-hetero) is 1. The second-order valence-electron chi connectivity index (χ2n) is 3.76. The lowest BCUT2D eigenvalue weighted by atomic mass is 10.1. The highest BCUT2D eigenvalue weighted by Crippen LogP contribution is 2.32. The summed E-state index contributed by atoms with van der Waals surface area (Å²) in [5.74, 6) is -1.02. The Balaban J connectivity index is 3.01. The molecule has 1 heterocycles. The van der Waals surface area contributed by atoms with Crippen LogP contribution in [0.2, 0.25) is 0 Å². The minimum absolute atomic E-state index is 0.0457. The van der Waals surface area contributed by atoms with Gasteiger partial charge in [0, 0.05) is 5.56 Å². The summed E-state index contributed by atoms with van der Waals surface area (Å²) in [6, 6.07) is 2.75. The predicted molar refractivity (Wildman–Crippen MR) is 60.6 cm³/mol. The van der Waals surface area contributed by atoms with Crippen molar-refractivity contribution in [3.63, 3.8) is 0 Å². The molecule has 1 aromatic carbocycles. The number of carbonyl (C=O) groups is 1. The Morgan fingerprint density at radius 2 is 1.94 bits per heavy atom. The number of hydrogen-bond donors (Lipinski definition) is 2. The van der Waals surface area contributed by atoms with Crippen molar-refractivity contribution in [1.82, 2.24) is 0 Å². The molecule has 0 aliphatic carbocycles. The van der Waals surface area contributed by atoms with E-state index in [1.165, 1.54) is 19.1 Å². The van der Waals surface area contributed by atoms with Gasteiger partial charge in [0.05, 0.1) is 5.39 Å². The average molecular weight is 234 g/mol. The lowest BCUT2D eigenvalue weighted by Gasteiger charge is -2.06. The van der Waals surface area contributed by atoms with Crippen LogP contribution < -0.4 is 5.63 Å². The van der Waals surface area contributed by atoms with Crippen LogP contribution in [0.5, 0.6) is 11.5 Å². The lowest BCUT2D eigenvalue weighted by Crippen LogP contribution is -2.12. The molecule has 2 rings (SSSR count). The summed E-state index contributed by atoms with van der Waals surface area (Å²) in [5.41, 5.74) is -0.860. The summed E-state index contributed by atoms with van der Waals surface area (Å²) in [4.78, 5) is 22.7. The fraction of sp³-hybridized carbons (Fsp3) is 0.167. The monoisotopic (exact) mass is 234 g/mol. The standard InChI is InChI=1S/C12H10O5/c1-5-8(14)4-3-7-10(15)9(6(2)13)12(16)17-11(5)7/h3-4,14-15H,1-2H3. The van der Waals surface area contributed by atoms with Crippen LogP contribution in [-0.4, -0.2) is 16.0 Å². The molecule has 0 bridgehead atoms. The summed E-state index contributed by atoms with van der Waals surface area (Å²) in [7, 11) is 0. The molecule has 0 saturated heterocycles. The van der Waals surface area contributed by atoms with Crippen LogP contribution in [0.15, 0.2) is 21.3 Å².